The molecule has 3 rings (SSSR count). The average Bonchev–Trinajstić information content (AvgIpc) is 3.04. The average molecular weight is 355 g/mol. The molecule has 2 aromatic carbocycles. The Hall–Kier alpha value is -2.93. The van der Waals surface area contributed by atoms with Gasteiger partial charge in [-0.2, -0.15) is 0 Å². The third-order valence-electron chi connectivity index (χ3n) is 3.55. The molecule has 2 N–H and O–H groups in total. The quantitative estimate of drug-likeness (QED) is 0.727. The van der Waals surface area contributed by atoms with Crippen LogP contribution in [-0.4, -0.2) is 23.9 Å². The molecule has 0 saturated heterocycles. The van der Waals surface area contributed by atoms with Gasteiger partial charge >= 0.3 is 0 Å². The number of fused-ring (bicyclic) bond motifs is 1. The van der Waals surface area contributed by atoms with Crippen molar-refractivity contribution < 1.29 is 14.3 Å². The SMILES string of the molecule is CCC(=O)Nc1cccc(C(=O)Nc2nc3c(OC)cccc3s2)c1. The van der Waals surface area contributed by atoms with E-state index in [2.05, 4.69) is 15.6 Å². The largest absolute Gasteiger partial charge is 0.494 e. The first kappa shape index (κ1) is 16.9. The number of benzene rings is 2. The minimum Gasteiger partial charge on any atom is -0.494 e. The molecule has 1 aromatic heterocycles. The highest BCUT2D eigenvalue weighted by atomic mass is 32.1. The summed E-state index contributed by atoms with van der Waals surface area (Å²) >= 11 is 1.38. The van der Waals surface area contributed by atoms with Gasteiger partial charge in [-0.15, -0.1) is 0 Å². The van der Waals surface area contributed by atoms with Gasteiger partial charge in [0.1, 0.15) is 11.3 Å². The summed E-state index contributed by atoms with van der Waals surface area (Å²) in [6, 6.07) is 12.4. The molecule has 2 amide bonds. The van der Waals surface area contributed by atoms with Crippen LogP contribution < -0.4 is 15.4 Å². The zero-order valence-corrected chi connectivity index (χ0v) is 14.6. The Bertz CT molecular complexity index is 936. The van der Waals surface area contributed by atoms with Gasteiger partial charge in [0.05, 0.1) is 11.8 Å². The Kier molecular flexibility index (Phi) is 4.95. The van der Waals surface area contributed by atoms with E-state index in [0.717, 1.165) is 4.70 Å². The smallest absolute Gasteiger partial charge is 0.257 e. The van der Waals surface area contributed by atoms with Gasteiger partial charge in [0.15, 0.2) is 5.13 Å². The lowest BCUT2D eigenvalue weighted by Gasteiger charge is -2.06. The van der Waals surface area contributed by atoms with Gasteiger partial charge in [0, 0.05) is 17.7 Å². The van der Waals surface area contributed by atoms with Gasteiger partial charge in [-0.3, -0.25) is 14.9 Å². The van der Waals surface area contributed by atoms with Crippen LogP contribution in [0.3, 0.4) is 0 Å². The van der Waals surface area contributed by atoms with E-state index in [1.54, 1.807) is 38.3 Å². The van der Waals surface area contributed by atoms with E-state index < -0.39 is 0 Å². The number of anilines is 2. The summed E-state index contributed by atoms with van der Waals surface area (Å²) in [6.45, 7) is 1.77. The number of amides is 2. The highest BCUT2D eigenvalue weighted by Gasteiger charge is 2.13. The van der Waals surface area contributed by atoms with Gasteiger partial charge in [-0.1, -0.05) is 30.4 Å². The van der Waals surface area contributed by atoms with E-state index in [-0.39, 0.29) is 11.8 Å². The minimum absolute atomic E-state index is 0.101. The van der Waals surface area contributed by atoms with Gasteiger partial charge in [-0.25, -0.2) is 4.98 Å². The zero-order chi connectivity index (χ0) is 17.8. The normalized spacial score (nSPS) is 10.5. The molecule has 0 unspecified atom stereocenters. The molecule has 0 aliphatic carbocycles. The Morgan fingerprint density at radius 2 is 1.96 bits per heavy atom. The van der Waals surface area contributed by atoms with E-state index in [0.29, 0.717) is 34.1 Å². The van der Waals surface area contributed by atoms with Crippen molar-refractivity contribution in [2.75, 3.05) is 17.7 Å². The molecule has 6 nitrogen and oxygen atoms in total. The molecule has 0 saturated carbocycles. The first-order valence-corrected chi connectivity index (χ1v) is 8.57. The summed E-state index contributed by atoms with van der Waals surface area (Å²) in [5.41, 5.74) is 1.75. The number of para-hydroxylation sites is 1. The number of thiazole rings is 1. The molecular formula is C18H17N3O3S. The van der Waals surface area contributed by atoms with E-state index in [4.69, 9.17) is 4.74 Å². The predicted molar refractivity (Wildman–Crippen MR) is 99.5 cm³/mol. The van der Waals surface area contributed by atoms with E-state index in [9.17, 15) is 9.59 Å². The highest BCUT2D eigenvalue weighted by Crippen LogP contribution is 2.32. The second kappa shape index (κ2) is 7.31. The Morgan fingerprint density at radius 1 is 1.16 bits per heavy atom. The second-order valence-corrected chi connectivity index (χ2v) is 6.29. The number of carbonyl (C=O) groups excluding carboxylic acids is 2. The van der Waals surface area contributed by atoms with Crippen LogP contribution in [0.2, 0.25) is 0 Å². The lowest BCUT2D eigenvalue weighted by atomic mass is 10.2. The number of methoxy groups -OCH3 is 1. The summed E-state index contributed by atoms with van der Waals surface area (Å²) in [7, 11) is 1.59. The summed E-state index contributed by atoms with van der Waals surface area (Å²) in [6.07, 6.45) is 0.379. The van der Waals surface area contributed by atoms with Gasteiger partial charge in [0.2, 0.25) is 5.91 Å². The first-order valence-electron chi connectivity index (χ1n) is 7.75. The van der Waals surface area contributed by atoms with Gasteiger partial charge in [0.25, 0.3) is 5.91 Å². The number of hydrogen-bond acceptors (Lipinski definition) is 5. The summed E-state index contributed by atoms with van der Waals surface area (Å²) in [5, 5.41) is 6.03. The third-order valence-corrected chi connectivity index (χ3v) is 4.49. The molecule has 3 aromatic rings. The number of nitrogens with one attached hydrogen (secondary N) is 2. The standard InChI is InChI=1S/C18H17N3O3S/c1-3-15(22)19-12-7-4-6-11(10-12)17(23)21-18-20-16-13(24-2)8-5-9-14(16)25-18/h4-10H,3H2,1-2H3,(H,19,22)(H,20,21,23). The molecule has 0 bridgehead atoms. The molecule has 1 heterocycles. The number of hydrogen-bond donors (Lipinski definition) is 2. The molecule has 0 aliphatic rings. The molecule has 0 spiro atoms. The van der Waals surface area contributed by atoms with Crippen LogP contribution >= 0.6 is 11.3 Å². The lowest BCUT2D eigenvalue weighted by Crippen LogP contribution is -2.13. The molecule has 0 radical (unpaired) electrons. The number of carbonyl (C=O) groups is 2. The van der Waals surface area contributed by atoms with Crippen molar-refractivity contribution in [2.24, 2.45) is 0 Å². The number of ether oxygens (including phenoxy) is 1. The Balaban J connectivity index is 1.80. The van der Waals surface area contributed by atoms with Crippen LogP contribution in [0.1, 0.15) is 23.7 Å². The van der Waals surface area contributed by atoms with Crippen molar-refractivity contribution in [3.63, 3.8) is 0 Å². The second-order valence-electron chi connectivity index (χ2n) is 5.26. The fourth-order valence-electron chi connectivity index (χ4n) is 2.30. The topological polar surface area (TPSA) is 80.3 Å². The van der Waals surface area contributed by atoms with E-state index in [1.807, 2.05) is 18.2 Å². The highest BCUT2D eigenvalue weighted by molar-refractivity contribution is 7.22. The van der Waals surface area contributed by atoms with Crippen LogP contribution in [0.5, 0.6) is 5.75 Å². The fourth-order valence-corrected chi connectivity index (χ4v) is 3.18. The molecular weight excluding hydrogens is 338 g/mol. The van der Waals surface area contributed by atoms with Gasteiger partial charge < -0.3 is 10.1 Å². The monoisotopic (exact) mass is 355 g/mol. The van der Waals surface area contributed by atoms with Crippen LogP contribution in [0.15, 0.2) is 42.5 Å². The van der Waals surface area contributed by atoms with Crippen LogP contribution in [-0.2, 0) is 4.79 Å². The van der Waals surface area contributed by atoms with Crippen molar-refractivity contribution in [1.82, 2.24) is 4.98 Å². The van der Waals surface area contributed by atoms with Gasteiger partial charge in [-0.05, 0) is 30.3 Å². The molecule has 0 atom stereocenters. The zero-order valence-electron chi connectivity index (χ0n) is 13.8. The fraction of sp³-hybridized carbons (Fsp3) is 0.167. The number of nitrogens with zero attached hydrogens (tertiary/aromatic N) is 1. The molecule has 7 heteroatoms. The van der Waals surface area contributed by atoms with Crippen LogP contribution in [0.25, 0.3) is 10.2 Å². The summed E-state index contributed by atoms with van der Waals surface area (Å²) < 4.78 is 6.21. The van der Waals surface area contributed by atoms with Crippen LogP contribution in [0.4, 0.5) is 10.8 Å². The molecule has 128 valence electrons. The third kappa shape index (κ3) is 3.77. The van der Waals surface area contributed by atoms with E-state index >= 15 is 0 Å². The van der Waals surface area contributed by atoms with Crippen molar-refractivity contribution >= 4 is 44.2 Å². The maximum absolute atomic E-state index is 12.5. The first-order chi connectivity index (χ1) is 12.1. The predicted octanol–water partition coefficient (Wildman–Crippen LogP) is 3.91. The summed E-state index contributed by atoms with van der Waals surface area (Å²) in [5.74, 6) is 0.278. The molecule has 0 aliphatic heterocycles. The molecule has 0 fully saturated rings. The minimum atomic E-state index is -0.286. The Morgan fingerprint density at radius 3 is 2.72 bits per heavy atom. The van der Waals surface area contributed by atoms with Crippen LogP contribution in [0, 0.1) is 0 Å². The molecule has 25 heavy (non-hydrogen) atoms. The number of aromatic nitrogens is 1. The lowest BCUT2D eigenvalue weighted by molar-refractivity contribution is -0.115. The summed E-state index contributed by atoms with van der Waals surface area (Å²) in [4.78, 5) is 28.4. The maximum atomic E-state index is 12.5. The van der Waals surface area contributed by atoms with Crippen molar-refractivity contribution in [2.45, 2.75) is 13.3 Å². The Labute approximate surface area is 148 Å². The van der Waals surface area contributed by atoms with Crippen molar-refractivity contribution in [1.29, 1.82) is 0 Å². The maximum Gasteiger partial charge on any atom is 0.257 e. The number of rotatable bonds is 5. The van der Waals surface area contributed by atoms with Crippen molar-refractivity contribution in [3.8, 4) is 5.75 Å². The van der Waals surface area contributed by atoms with Crippen molar-refractivity contribution in [3.05, 3.63) is 48.0 Å². The van der Waals surface area contributed by atoms with E-state index in [1.165, 1.54) is 11.3 Å².